The largest absolute Gasteiger partial charge is 0.573 e. The first-order valence-corrected chi connectivity index (χ1v) is 4.67. The average Bonchev–Trinajstić information content (AvgIpc) is 2.25. The molecule has 0 bridgehead atoms. The molecule has 0 fully saturated rings. The van der Waals surface area contributed by atoms with Crippen LogP contribution in [0.25, 0.3) is 0 Å². The standard InChI is InChI=1S/C10H12F3NO3/c1-16-9-4-6(17-10(11,12)13)2-3-7(9)8(14)5-15/h2-4,8,15H,5,14H2,1H3/t8-/m1/s1. The van der Waals surface area contributed by atoms with Gasteiger partial charge in [-0.05, 0) is 12.1 Å². The van der Waals surface area contributed by atoms with E-state index in [1.807, 2.05) is 0 Å². The Labute approximate surface area is 95.7 Å². The number of methoxy groups -OCH3 is 1. The molecule has 0 heterocycles. The highest BCUT2D eigenvalue weighted by atomic mass is 19.4. The first-order valence-electron chi connectivity index (χ1n) is 4.67. The van der Waals surface area contributed by atoms with Crippen molar-refractivity contribution in [1.82, 2.24) is 0 Å². The highest BCUT2D eigenvalue weighted by molar-refractivity contribution is 5.42. The zero-order valence-corrected chi connectivity index (χ0v) is 8.99. The molecule has 17 heavy (non-hydrogen) atoms. The highest BCUT2D eigenvalue weighted by Gasteiger charge is 2.31. The van der Waals surface area contributed by atoms with Crippen LogP contribution in [0.1, 0.15) is 11.6 Å². The number of aliphatic hydroxyl groups is 1. The molecule has 0 aliphatic carbocycles. The number of alkyl halides is 3. The molecule has 7 heteroatoms. The molecule has 0 aromatic heterocycles. The van der Waals surface area contributed by atoms with Gasteiger partial charge in [0.25, 0.3) is 0 Å². The van der Waals surface area contributed by atoms with Crippen LogP contribution in [0, 0.1) is 0 Å². The molecule has 1 atom stereocenters. The van der Waals surface area contributed by atoms with E-state index in [-0.39, 0.29) is 12.4 Å². The maximum atomic E-state index is 12.0. The Bertz CT molecular complexity index is 382. The molecular weight excluding hydrogens is 239 g/mol. The molecule has 1 aromatic rings. The van der Waals surface area contributed by atoms with E-state index in [0.29, 0.717) is 5.56 Å². The molecule has 0 aliphatic rings. The SMILES string of the molecule is COc1cc(OC(F)(F)F)ccc1[C@H](N)CO. The van der Waals surface area contributed by atoms with E-state index >= 15 is 0 Å². The first kappa shape index (κ1) is 13.6. The van der Waals surface area contributed by atoms with Crippen molar-refractivity contribution in [3.05, 3.63) is 23.8 Å². The van der Waals surface area contributed by atoms with Crippen LogP contribution in [0.2, 0.25) is 0 Å². The molecule has 0 spiro atoms. The Kier molecular flexibility index (Phi) is 4.19. The molecule has 0 saturated carbocycles. The number of benzene rings is 1. The molecule has 0 radical (unpaired) electrons. The summed E-state index contributed by atoms with van der Waals surface area (Å²) in [6.45, 7) is -0.337. The minimum Gasteiger partial charge on any atom is -0.496 e. The van der Waals surface area contributed by atoms with Gasteiger partial charge in [0, 0.05) is 11.6 Å². The van der Waals surface area contributed by atoms with Crippen molar-refractivity contribution in [3.63, 3.8) is 0 Å². The van der Waals surface area contributed by atoms with E-state index in [2.05, 4.69) is 4.74 Å². The zero-order chi connectivity index (χ0) is 13.1. The van der Waals surface area contributed by atoms with Crippen LogP contribution in [0.5, 0.6) is 11.5 Å². The van der Waals surface area contributed by atoms with Crippen LogP contribution in [0.15, 0.2) is 18.2 Å². The fraction of sp³-hybridized carbons (Fsp3) is 0.400. The normalized spacial score (nSPS) is 13.3. The smallest absolute Gasteiger partial charge is 0.496 e. The van der Waals surface area contributed by atoms with E-state index in [4.69, 9.17) is 15.6 Å². The number of aliphatic hydroxyl groups excluding tert-OH is 1. The van der Waals surface area contributed by atoms with Crippen LogP contribution in [-0.4, -0.2) is 25.2 Å². The third kappa shape index (κ3) is 3.79. The maximum Gasteiger partial charge on any atom is 0.573 e. The molecular formula is C10H12F3NO3. The molecule has 96 valence electrons. The molecule has 0 amide bonds. The zero-order valence-electron chi connectivity index (χ0n) is 8.99. The minimum atomic E-state index is -4.76. The number of nitrogens with two attached hydrogens (primary N) is 1. The Morgan fingerprint density at radius 1 is 1.41 bits per heavy atom. The predicted molar refractivity (Wildman–Crippen MR) is 53.7 cm³/mol. The summed E-state index contributed by atoms with van der Waals surface area (Å²) in [5, 5.41) is 8.87. The Balaban J connectivity index is 3.00. The third-order valence-electron chi connectivity index (χ3n) is 2.03. The average molecular weight is 251 g/mol. The van der Waals surface area contributed by atoms with E-state index in [0.717, 1.165) is 12.1 Å². The van der Waals surface area contributed by atoms with Crippen LogP contribution < -0.4 is 15.2 Å². The van der Waals surface area contributed by atoms with E-state index < -0.39 is 18.2 Å². The second kappa shape index (κ2) is 5.24. The summed E-state index contributed by atoms with van der Waals surface area (Å²) in [4.78, 5) is 0. The van der Waals surface area contributed by atoms with E-state index in [1.54, 1.807) is 0 Å². The van der Waals surface area contributed by atoms with Gasteiger partial charge in [-0.25, -0.2) is 0 Å². The van der Waals surface area contributed by atoms with Gasteiger partial charge in [0.2, 0.25) is 0 Å². The summed E-state index contributed by atoms with van der Waals surface area (Å²) in [5.41, 5.74) is 5.96. The molecule has 1 aromatic carbocycles. The van der Waals surface area contributed by atoms with Crippen molar-refractivity contribution in [2.24, 2.45) is 5.73 Å². The van der Waals surface area contributed by atoms with Gasteiger partial charge in [-0.1, -0.05) is 0 Å². The number of ether oxygens (including phenoxy) is 2. The first-order chi connectivity index (χ1) is 7.87. The lowest BCUT2D eigenvalue weighted by Gasteiger charge is -2.15. The van der Waals surface area contributed by atoms with Gasteiger partial charge in [-0.3, -0.25) is 0 Å². The number of rotatable bonds is 4. The Morgan fingerprint density at radius 2 is 2.06 bits per heavy atom. The van der Waals surface area contributed by atoms with Crippen molar-refractivity contribution in [2.75, 3.05) is 13.7 Å². The van der Waals surface area contributed by atoms with Gasteiger partial charge in [0.1, 0.15) is 11.5 Å². The van der Waals surface area contributed by atoms with Crippen LogP contribution in [0.4, 0.5) is 13.2 Å². The van der Waals surface area contributed by atoms with Gasteiger partial charge in [0.15, 0.2) is 0 Å². The number of hydrogen-bond acceptors (Lipinski definition) is 4. The molecule has 0 unspecified atom stereocenters. The Morgan fingerprint density at radius 3 is 2.53 bits per heavy atom. The summed E-state index contributed by atoms with van der Waals surface area (Å²) >= 11 is 0. The van der Waals surface area contributed by atoms with Crippen LogP contribution >= 0.6 is 0 Å². The van der Waals surface area contributed by atoms with Gasteiger partial charge >= 0.3 is 6.36 Å². The van der Waals surface area contributed by atoms with Crippen molar-refractivity contribution >= 4 is 0 Å². The van der Waals surface area contributed by atoms with Crippen molar-refractivity contribution < 1.29 is 27.8 Å². The van der Waals surface area contributed by atoms with Gasteiger partial charge in [-0.2, -0.15) is 0 Å². The summed E-state index contributed by atoms with van der Waals surface area (Å²) in [6.07, 6.45) is -4.76. The lowest BCUT2D eigenvalue weighted by molar-refractivity contribution is -0.274. The minimum absolute atomic E-state index is 0.133. The quantitative estimate of drug-likeness (QED) is 0.852. The lowest BCUT2D eigenvalue weighted by Crippen LogP contribution is -2.18. The van der Waals surface area contributed by atoms with Crippen molar-refractivity contribution in [3.8, 4) is 11.5 Å². The van der Waals surface area contributed by atoms with Crippen molar-refractivity contribution in [2.45, 2.75) is 12.4 Å². The second-order valence-electron chi connectivity index (χ2n) is 3.24. The number of hydrogen-bond donors (Lipinski definition) is 2. The maximum absolute atomic E-state index is 12.0. The predicted octanol–water partition coefficient (Wildman–Crippen LogP) is 1.59. The second-order valence-corrected chi connectivity index (χ2v) is 3.24. The molecule has 4 nitrogen and oxygen atoms in total. The van der Waals surface area contributed by atoms with Gasteiger partial charge < -0.3 is 20.3 Å². The topological polar surface area (TPSA) is 64.7 Å². The Hall–Kier alpha value is -1.47. The summed E-state index contributed by atoms with van der Waals surface area (Å²) in [6, 6.07) is 2.78. The fourth-order valence-electron chi connectivity index (χ4n) is 1.29. The molecule has 0 aliphatic heterocycles. The third-order valence-corrected chi connectivity index (χ3v) is 2.03. The number of halogens is 3. The summed E-state index contributed by atoms with van der Waals surface area (Å²) < 4.78 is 44.5. The van der Waals surface area contributed by atoms with Gasteiger partial charge in [0.05, 0.1) is 19.8 Å². The lowest BCUT2D eigenvalue weighted by atomic mass is 10.1. The molecule has 1 rings (SSSR count). The summed E-state index contributed by atoms with van der Waals surface area (Å²) in [7, 11) is 1.29. The highest BCUT2D eigenvalue weighted by Crippen LogP contribution is 2.31. The van der Waals surface area contributed by atoms with Gasteiger partial charge in [-0.15, -0.1) is 13.2 Å². The summed E-state index contributed by atoms with van der Waals surface area (Å²) in [5.74, 6) is -0.267. The monoisotopic (exact) mass is 251 g/mol. The van der Waals surface area contributed by atoms with Crippen LogP contribution in [-0.2, 0) is 0 Å². The van der Waals surface area contributed by atoms with E-state index in [9.17, 15) is 13.2 Å². The van der Waals surface area contributed by atoms with Crippen molar-refractivity contribution in [1.29, 1.82) is 0 Å². The molecule has 0 saturated heterocycles. The molecule has 3 N–H and O–H groups in total. The van der Waals surface area contributed by atoms with E-state index in [1.165, 1.54) is 13.2 Å². The van der Waals surface area contributed by atoms with Crippen LogP contribution in [0.3, 0.4) is 0 Å². The fourth-order valence-corrected chi connectivity index (χ4v) is 1.29.